The summed E-state index contributed by atoms with van der Waals surface area (Å²) in [6, 6.07) is 11.8. The van der Waals surface area contributed by atoms with Gasteiger partial charge in [-0.3, -0.25) is 9.59 Å². The maximum Gasteiger partial charge on any atom is 0.435 e. The average molecular weight is 565 g/mol. The number of anilines is 2. The van der Waals surface area contributed by atoms with E-state index in [2.05, 4.69) is 33.0 Å². The van der Waals surface area contributed by atoms with Gasteiger partial charge in [0.2, 0.25) is 0 Å². The van der Waals surface area contributed by atoms with Crippen molar-refractivity contribution in [2.24, 2.45) is 11.1 Å². The van der Waals surface area contributed by atoms with Gasteiger partial charge in [-0.15, -0.1) is 0 Å². The van der Waals surface area contributed by atoms with Crippen molar-refractivity contribution in [2.45, 2.75) is 32.9 Å². The summed E-state index contributed by atoms with van der Waals surface area (Å²) < 4.78 is 43.4. The molecule has 6 nitrogen and oxygen atoms in total. The minimum absolute atomic E-state index is 0.00893. The largest absolute Gasteiger partial charge is 0.435 e. The number of primary amides is 1. The minimum atomic E-state index is -4.78. The third-order valence-electron chi connectivity index (χ3n) is 5.45. The second kappa shape index (κ2) is 8.15. The summed E-state index contributed by atoms with van der Waals surface area (Å²) >= 11 is 2.16. The Hall–Kier alpha value is -2.89. The number of hydrogen-bond donors (Lipinski definition) is 2. The van der Waals surface area contributed by atoms with Crippen LogP contribution in [0.1, 0.15) is 52.4 Å². The Morgan fingerprint density at radius 3 is 2.42 bits per heavy atom. The molecule has 1 aliphatic rings. The maximum atomic E-state index is 13.7. The fourth-order valence-electron chi connectivity index (χ4n) is 4.03. The fourth-order valence-corrected chi connectivity index (χ4v) is 4.39. The lowest BCUT2D eigenvalue weighted by Gasteiger charge is -2.29. The lowest BCUT2D eigenvalue weighted by molar-refractivity contribution is -0.141. The molecule has 0 fully saturated rings. The number of carbonyl (C=O) groups excluding carboxylic acids is 2. The highest BCUT2D eigenvalue weighted by Gasteiger charge is 2.45. The Balaban J connectivity index is 1.88. The lowest BCUT2D eigenvalue weighted by atomic mass is 9.75. The van der Waals surface area contributed by atoms with Crippen LogP contribution in [0.2, 0.25) is 0 Å². The fraction of sp³-hybridized carbons (Fsp3) is 0.261. The Bertz CT molecular complexity index is 1260. The van der Waals surface area contributed by atoms with E-state index in [-0.39, 0.29) is 35.3 Å². The molecule has 0 atom stereocenters. The highest BCUT2D eigenvalue weighted by Crippen LogP contribution is 2.42. The van der Waals surface area contributed by atoms with E-state index in [1.54, 1.807) is 12.1 Å². The van der Waals surface area contributed by atoms with Gasteiger partial charge in [0.1, 0.15) is 0 Å². The minimum Gasteiger partial charge on any atom is -0.366 e. The first-order valence-electron chi connectivity index (χ1n) is 10.0. The zero-order valence-electron chi connectivity index (χ0n) is 17.8. The van der Waals surface area contributed by atoms with E-state index >= 15 is 0 Å². The molecule has 0 aliphatic heterocycles. The van der Waals surface area contributed by atoms with Crippen LogP contribution >= 0.6 is 22.6 Å². The van der Waals surface area contributed by atoms with Gasteiger partial charge in [0, 0.05) is 15.7 Å². The summed E-state index contributed by atoms with van der Waals surface area (Å²) in [6.45, 7) is 3.66. The molecular weight excluding hydrogens is 545 g/mol. The molecule has 33 heavy (non-hydrogen) atoms. The highest BCUT2D eigenvalue weighted by molar-refractivity contribution is 14.1. The lowest BCUT2D eigenvalue weighted by Crippen LogP contribution is -2.29. The molecular formula is C23H20F3IN4O2. The number of benzene rings is 2. The molecule has 1 heterocycles. The zero-order chi connectivity index (χ0) is 24.1. The van der Waals surface area contributed by atoms with Crippen molar-refractivity contribution in [2.75, 3.05) is 5.32 Å². The number of amides is 1. The standard InChI is InChI=1S/C23H20F3IN4O2/c1-22(2)10-17-19(18(32)11-22)20(23(24,25)26)30-31(17)14-7-8-15(21(28)33)16(9-14)29-13-5-3-12(27)4-6-13/h3-9,29H,10-11H2,1-2H3,(H2,28,33)/i27-3. The number of ketones is 1. The second-order valence-corrected chi connectivity index (χ2v) is 9.99. The van der Waals surface area contributed by atoms with Gasteiger partial charge in [0.05, 0.1) is 28.2 Å². The number of rotatable bonds is 4. The molecule has 0 bridgehead atoms. The van der Waals surface area contributed by atoms with E-state index in [1.165, 1.54) is 18.2 Å². The van der Waals surface area contributed by atoms with Gasteiger partial charge in [0.15, 0.2) is 11.5 Å². The van der Waals surface area contributed by atoms with Gasteiger partial charge >= 0.3 is 6.18 Å². The molecule has 172 valence electrons. The summed E-state index contributed by atoms with van der Waals surface area (Å²) in [5.74, 6) is -1.27. The molecule has 4 rings (SSSR count). The number of aromatic nitrogens is 2. The van der Waals surface area contributed by atoms with Crippen molar-refractivity contribution in [1.82, 2.24) is 9.78 Å². The van der Waals surface area contributed by atoms with E-state index < -0.39 is 29.0 Å². The van der Waals surface area contributed by atoms with Crippen LogP contribution in [0.15, 0.2) is 42.5 Å². The van der Waals surface area contributed by atoms with Crippen molar-refractivity contribution in [3.63, 3.8) is 0 Å². The molecule has 0 unspecified atom stereocenters. The number of nitrogens with two attached hydrogens (primary N) is 1. The molecule has 0 radical (unpaired) electrons. The van der Waals surface area contributed by atoms with Crippen molar-refractivity contribution in [3.8, 4) is 5.69 Å². The van der Waals surface area contributed by atoms with Crippen molar-refractivity contribution >= 4 is 45.7 Å². The second-order valence-electron chi connectivity index (χ2n) is 8.75. The van der Waals surface area contributed by atoms with Gasteiger partial charge in [-0.1, -0.05) is 13.8 Å². The van der Waals surface area contributed by atoms with Crippen LogP contribution in [0.5, 0.6) is 0 Å². The topological polar surface area (TPSA) is 90.0 Å². The summed E-state index contributed by atoms with van der Waals surface area (Å²) in [6.07, 6.45) is -4.52. The Morgan fingerprint density at radius 1 is 1.15 bits per heavy atom. The number of Topliss-reactive ketones (excluding diaryl/α,β-unsaturated/α-hetero) is 1. The van der Waals surface area contributed by atoms with Crippen LogP contribution in [-0.4, -0.2) is 21.5 Å². The number of halogens is 4. The van der Waals surface area contributed by atoms with E-state index in [0.29, 0.717) is 11.4 Å². The SMILES string of the molecule is CC1(C)CC(=O)c2c(C(F)(F)F)nn(-c3ccc(C(N)=O)c(Nc4ccc([124I])cc4)c3)c2C1. The van der Waals surface area contributed by atoms with Crippen molar-refractivity contribution in [1.29, 1.82) is 0 Å². The smallest absolute Gasteiger partial charge is 0.366 e. The van der Waals surface area contributed by atoms with Gasteiger partial charge in [0.25, 0.3) is 5.91 Å². The van der Waals surface area contributed by atoms with Crippen molar-refractivity contribution < 1.29 is 22.8 Å². The summed E-state index contributed by atoms with van der Waals surface area (Å²) in [5, 5.41) is 6.91. The van der Waals surface area contributed by atoms with Gasteiger partial charge in [-0.05, 0) is 76.9 Å². The predicted octanol–water partition coefficient (Wildman–Crippen LogP) is 5.49. The van der Waals surface area contributed by atoms with Crippen LogP contribution in [0.4, 0.5) is 24.5 Å². The summed E-state index contributed by atoms with van der Waals surface area (Å²) in [4.78, 5) is 24.6. The first-order valence-corrected chi connectivity index (χ1v) is 11.1. The summed E-state index contributed by atoms with van der Waals surface area (Å²) in [7, 11) is 0. The molecule has 0 saturated heterocycles. The predicted molar refractivity (Wildman–Crippen MR) is 126 cm³/mol. The summed E-state index contributed by atoms with van der Waals surface area (Å²) in [5.41, 5.74) is 5.07. The molecule has 0 saturated carbocycles. The number of alkyl halides is 3. The van der Waals surface area contributed by atoms with E-state index in [4.69, 9.17) is 5.73 Å². The quantitative estimate of drug-likeness (QED) is 0.410. The zero-order valence-corrected chi connectivity index (χ0v) is 19.9. The number of fused-ring (bicyclic) bond motifs is 1. The molecule has 1 amide bonds. The Kier molecular flexibility index (Phi) is 5.75. The van der Waals surface area contributed by atoms with Gasteiger partial charge < -0.3 is 11.1 Å². The maximum absolute atomic E-state index is 13.7. The Labute approximate surface area is 201 Å². The average Bonchev–Trinajstić information content (AvgIpc) is 3.08. The normalized spacial score (nSPS) is 15.3. The Morgan fingerprint density at radius 2 is 1.82 bits per heavy atom. The van der Waals surface area contributed by atoms with Gasteiger partial charge in [-0.2, -0.15) is 18.3 Å². The van der Waals surface area contributed by atoms with Crippen LogP contribution in [0.25, 0.3) is 5.69 Å². The van der Waals surface area contributed by atoms with Gasteiger partial charge in [-0.25, -0.2) is 4.68 Å². The van der Waals surface area contributed by atoms with Crippen LogP contribution < -0.4 is 11.1 Å². The first kappa shape index (κ1) is 23.3. The van der Waals surface area contributed by atoms with Crippen LogP contribution in [-0.2, 0) is 12.6 Å². The number of hydrogen-bond acceptors (Lipinski definition) is 4. The highest BCUT2D eigenvalue weighted by atomic mass is 124. The van der Waals surface area contributed by atoms with E-state index in [0.717, 1.165) is 8.25 Å². The first-order chi connectivity index (χ1) is 15.4. The molecule has 2 aromatic carbocycles. The number of nitrogens with one attached hydrogen (secondary N) is 1. The molecule has 1 aliphatic carbocycles. The third kappa shape index (κ3) is 4.61. The molecule has 3 aromatic rings. The monoisotopic (exact) mass is 565 g/mol. The molecule has 3 N–H and O–H groups in total. The molecule has 10 heteroatoms. The van der Waals surface area contributed by atoms with Crippen LogP contribution in [0, 0.1) is 8.99 Å². The number of carbonyl (C=O) groups is 2. The van der Waals surface area contributed by atoms with Crippen molar-refractivity contribution in [3.05, 3.63) is 68.5 Å². The number of nitrogens with zero attached hydrogens (tertiary/aromatic N) is 2. The third-order valence-corrected chi connectivity index (χ3v) is 6.17. The molecule has 1 aromatic heterocycles. The molecule has 0 spiro atoms. The van der Waals surface area contributed by atoms with Crippen LogP contribution in [0.3, 0.4) is 0 Å². The van der Waals surface area contributed by atoms with E-state index in [9.17, 15) is 22.8 Å². The van der Waals surface area contributed by atoms with E-state index in [1.807, 2.05) is 26.0 Å².